The van der Waals surface area contributed by atoms with E-state index in [4.69, 9.17) is 42.1 Å². The average Bonchev–Trinajstić information content (AvgIpc) is 3.21. The Morgan fingerprint density at radius 3 is 1.37 bits per heavy atom. The highest BCUT2D eigenvalue weighted by Crippen LogP contribution is 2.35. The highest BCUT2D eigenvalue weighted by molar-refractivity contribution is 6.32. The third-order valence-electron chi connectivity index (χ3n) is 8.11. The van der Waals surface area contributed by atoms with Crippen molar-refractivity contribution in [3.05, 3.63) is 164 Å². The molecule has 0 N–H and O–H groups in total. The third-order valence-corrected chi connectivity index (χ3v) is 8.70. The van der Waals surface area contributed by atoms with Gasteiger partial charge < -0.3 is 18.9 Å². The molecule has 0 spiro atoms. The van der Waals surface area contributed by atoms with Gasteiger partial charge in [0.15, 0.2) is 12.6 Å². The average molecular weight is 756 g/mol. The second kappa shape index (κ2) is 17.7. The van der Waals surface area contributed by atoms with Crippen molar-refractivity contribution in [3.8, 4) is 46.3 Å². The van der Waals surface area contributed by atoms with Crippen molar-refractivity contribution in [2.45, 2.75) is 26.4 Å². The van der Waals surface area contributed by atoms with Crippen molar-refractivity contribution in [2.24, 2.45) is 0 Å². The minimum Gasteiger partial charge on any atom is -0.487 e. The first-order chi connectivity index (χ1) is 26.4. The maximum absolute atomic E-state index is 11.8. The molecule has 0 aliphatic rings. The monoisotopic (exact) mass is 754 g/mol. The molecule has 0 fully saturated rings. The zero-order chi connectivity index (χ0) is 37.9. The molecule has 4 aromatic carbocycles. The van der Waals surface area contributed by atoms with Crippen LogP contribution in [0.4, 0.5) is 0 Å². The number of hydrogen-bond acceptors (Lipinski definition) is 10. The number of halogens is 2. The van der Waals surface area contributed by atoms with Crippen LogP contribution < -0.4 is 18.9 Å². The van der Waals surface area contributed by atoms with Crippen molar-refractivity contribution >= 4 is 35.8 Å². The van der Waals surface area contributed by atoms with Gasteiger partial charge >= 0.3 is 0 Å². The Bertz CT molecular complexity index is 2260. The molecule has 12 heteroatoms. The number of carbonyl (C=O) groups excluding carboxylic acids is 2. The van der Waals surface area contributed by atoms with Gasteiger partial charge in [0.25, 0.3) is 0 Å². The Morgan fingerprint density at radius 1 is 0.537 bits per heavy atom. The minimum atomic E-state index is -0.0235. The van der Waals surface area contributed by atoms with Crippen molar-refractivity contribution in [1.82, 2.24) is 9.97 Å². The summed E-state index contributed by atoms with van der Waals surface area (Å²) in [7, 11) is 0. The standard InChI is InChI=1S/C42H28Cl2N4O6/c43-35-15-33(21-49)39(53-25-37-31(19-45)9-3-11-47-37)17-41(35)51-23-27-5-1-7-29(13-27)30-8-2-6-28(14-30)24-52-42-18-40(34(22-50)16-36(42)44)54-26-38-32(20-46)10-4-12-48-38/h1-18,21-22H,23-26H2. The van der Waals surface area contributed by atoms with Crippen LogP contribution in [0.15, 0.2) is 109 Å². The number of aromatic nitrogens is 2. The molecule has 0 aliphatic heterocycles. The molecule has 0 aliphatic carbocycles. The first-order valence-electron chi connectivity index (χ1n) is 16.3. The van der Waals surface area contributed by atoms with Gasteiger partial charge in [-0.2, -0.15) is 10.5 Å². The van der Waals surface area contributed by atoms with E-state index in [1.54, 1.807) is 48.8 Å². The smallest absolute Gasteiger partial charge is 0.153 e. The molecule has 0 atom stereocenters. The topological polar surface area (TPSA) is 144 Å². The molecule has 2 aromatic heterocycles. The molecule has 54 heavy (non-hydrogen) atoms. The van der Waals surface area contributed by atoms with E-state index in [0.29, 0.717) is 46.6 Å². The van der Waals surface area contributed by atoms with Crippen molar-refractivity contribution in [2.75, 3.05) is 0 Å². The Kier molecular flexibility index (Phi) is 12.1. The number of nitriles is 2. The number of rotatable bonds is 15. The van der Waals surface area contributed by atoms with E-state index in [-0.39, 0.29) is 59.1 Å². The largest absolute Gasteiger partial charge is 0.487 e. The van der Waals surface area contributed by atoms with Gasteiger partial charge in [0.1, 0.15) is 61.6 Å². The molecule has 266 valence electrons. The Labute approximate surface area is 320 Å². The second-order valence-corrected chi connectivity index (χ2v) is 12.5. The SMILES string of the molecule is N#Cc1cccnc1COc1cc(OCc2cccc(-c3cccc(COc4cc(OCc5ncccc5C#N)c(C=O)cc4Cl)c3)c2)c(Cl)cc1C=O. The van der Waals surface area contributed by atoms with Gasteiger partial charge in [-0.15, -0.1) is 0 Å². The first kappa shape index (κ1) is 37.1. The lowest BCUT2D eigenvalue weighted by atomic mass is 10.0. The fourth-order valence-corrected chi connectivity index (χ4v) is 5.81. The van der Waals surface area contributed by atoms with E-state index < -0.39 is 0 Å². The Hall–Kier alpha value is -6.72. The maximum atomic E-state index is 11.8. The van der Waals surface area contributed by atoms with Crippen LogP contribution in [0.2, 0.25) is 10.0 Å². The van der Waals surface area contributed by atoms with E-state index in [1.807, 2.05) is 48.5 Å². The maximum Gasteiger partial charge on any atom is 0.153 e. The van der Waals surface area contributed by atoms with Crippen LogP contribution in [-0.4, -0.2) is 22.5 Å². The van der Waals surface area contributed by atoms with Gasteiger partial charge in [0, 0.05) is 24.5 Å². The van der Waals surface area contributed by atoms with E-state index in [0.717, 1.165) is 22.3 Å². The molecule has 0 radical (unpaired) electrons. The van der Waals surface area contributed by atoms with Gasteiger partial charge in [-0.3, -0.25) is 19.6 Å². The molecule has 2 heterocycles. The highest BCUT2D eigenvalue weighted by atomic mass is 35.5. The summed E-state index contributed by atoms with van der Waals surface area (Å²) < 4.78 is 23.9. The molecule has 0 bridgehead atoms. The van der Waals surface area contributed by atoms with Crippen LogP contribution in [0, 0.1) is 22.7 Å². The summed E-state index contributed by atoms with van der Waals surface area (Å²) in [5.41, 5.74) is 5.68. The normalized spacial score (nSPS) is 10.4. The van der Waals surface area contributed by atoms with E-state index in [2.05, 4.69) is 22.1 Å². The molecule has 0 saturated heterocycles. The summed E-state index contributed by atoms with van der Waals surface area (Å²) in [5, 5.41) is 19.2. The van der Waals surface area contributed by atoms with Crippen LogP contribution in [0.1, 0.15) is 54.4 Å². The molecular weight excluding hydrogens is 727 g/mol. The van der Waals surface area contributed by atoms with Crippen LogP contribution in [0.25, 0.3) is 11.1 Å². The summed E-state index contributed by atoms with van der Waals surface area (Å²) >= 11 is 12.9. The molecule has 6 rings (SSSR count). The van der Waals surface area contributed by atoms with Gasteiger partial charge in [-0.05, 0) is 70.8 Å². The van der Waals surface area contributed by atoms with E-state index >= 15 is 0 Å². The fraction of sp³-hybridized carbons (Fsp3) is 0.0952. The Balaban J connectivity index is 1.12. The molecule has 0 unspecified atom stereocenters. The summed E-state index contributed by atoms with van der Waals surface area (Å²) in [4.78, 5) is 31.9. The zero-order valence-electron chi connectivity index (χ0n) is 28.4. The van der Waals surface area contributed by atoms with Gasteiger partial charge in [-0.25, -0.2) is 0 Å². The number of benzene rings is 4. The zero-order valence-corrected chi connectivity index (χ0v) is 29.9. The second-order valence-electron chi connectivity index (χ2n) is 11.7. The number of ether oxygens (including phenoxy) is 4. The predicted octanol–water partition coefficient (Wildman–Crippen LogP) is 9.13. The van der Waals surface area contributed by atoms with Crippen molar-refractivity contribution in [1.29, 1.82) is 10.5 Å². The molecular formula is C42H28Cl2N4O6. The Morgan fingerprint density at radius 2 is 0.963 bits per heavy atom. The number of aldehydes is 2. The number of carbonyl (C=O) groups is 2. The summed E-state index contributed by atoms with van der Waals surface area (Å²) in [6.07, 6.45) is 4.40. The summed E-state index contributed by atoms with van der Waals surface area (Å²) in [6, 6.07) is 32.4. The number of nitrogens with zero attached hydrogens (tertiary/aromatic N) is 4. The lowest BCUT2D eigenvalue weighted by Gasteiger charge is -2.14. The number of pyridine rings is 2. The van der Waals surface area contributed by atoms with Crippen molar-refractivity contribution < 1.29 is 28.5 Å². The molecule has 10 nitrogen and oxygen atoms in total. The van der Waals surface area contributed by atoms with Gasteiger partial charge in [-0.1, -0.05) is 59.6 Å². The lowest BCUT2D eigenvalue weighted by Crippen LogP contribution is -2.04. The molecule has 0 amide bonds. The number of hydrogen-bond donors (Lipinski definition) is 0. The fourth-order valence-electron chi connectivity index (χ4n) is 5.36. The first-order valence-corrected chi connectivity index (χ1v) is 17.1. The van der Waals surface area contributed by atoms with E-state index in [9.17, 15) is 20.1 Å². The lowest BCUT2D eigenvalue weighted by molar-refractivity contribution is 0.111. The predicted molar refractivity (Wildman–Crippen MR) is 201 cm³/mol. The summed E-state index contributed by atoms with van der Waals surface area (Å²) in [6.45, 7) is 0.300. The minimum absolute atomic E-state index is 0.0235. The van der Waals surface area contributed by atoms with Crippen LogP contribution >= 0.6 is 23.2 Å². The van der Waals surface area contributed by atoms with Crippen LogP contribution in [0.3, 0.4) is 0 Å². The van der Waals surface area contributed by atoms with Gasteiger partial charge in [0.05, 0.1) is 43.7 Å². The van der Waals surface area contributed by atoms with Gasteiger partial charge in [0.2, 0.25) is 0 Å². The quantitative estimate of drug-likeness (QED) is 0.0931. The molecule has 6 aromatic rings. The summed E-state index contributed by atoms with van der Waals surface area (Å²) in [5.74, 6) is 1.13. The van der Waals surface area contributed by atoms with Crippen LogP contribution in [0.5, 0.6) is 23.0 Å². The van der Waals surface area contributed by atoms with E-state index in [1.165, 1.54) is 12.1 Å². The molecule has 0 saturated carbocycles. The van der Waals surface area contributed by atoms with Crippen molar-refractivity contribution in [3.63, 3.8) is 0 Å². The third kappa shape index (κ3) is 9.01. The highest BCUT2D eigenvalue weighted by Gasteiger charge is 2.15. The van der Waals surface area contributed by atoms with Crippen LogP contribution in [-0.2, 0) is 26.4 Å².